The molecule has 0 radical (unpaired) electrons. The summed E-state index contributed by atoms with van der Waals surface area (Å²) in [6.07, 6.45) is 2.43. The zero-order valence-electron chi connectivity index (χ0n) is 11.6. The molecule has 0 aliphatic heterocycles. The fraction of sp³-hybridized carbons (Fsp3) is 0.353. The molecule has 104 valence electrons. The van der Waals surface area contributed by atoms with E-state index in [1.54, 1.807) is 11.3 Å². The number of hydrogen-bond acceptors (Lipinski definition) is 2. The summed E-state index contributed by atoms with van der Waals surface area (Å²) in [5, 5.41) is 3.06. The van der Waals surface area contributed by atoms with E-state index in [4.69, 9.17) is 0 Å². The molecule has 3 rings (SSSR count). The summed E-state index contributed by atoms with van der Waals surface area (Å²) in [4.78, 5) is 14.4. The number of thiophene rings is 1. The van der Waals surface area contributed by atoms with E-state index in [2.05, 4.69) is 29.6 Å². The van der Waals surface area contributed by atoms with Gasteiger partial charge < -0.3 is 5.32 Å². The largest absolute Gasteiger partial charge is 0.351 e. The van der Waals surface area contributed by atoms with Crippen LogP contribution in [0, 0.1) is 11.8 Å². The normalized spacial score (nSPS) is 15.8. The van der Waals surface area contributed by atoms with E-state index in [9.17, 15) is 4.79 Å². The topological polar surface area (TPSA) is 29.1 Å². The molecule has 1 fully saturated rings. The molecule has 1 saturated carbocycles. The monoisotopic (exact) mass is 285 g/mol. The van der Waals surface area contributed by atoms with E-state index < -0.39 is 0 Å². The molecule has 1 atom stereocenters. The van der Waals surface area contributed by atoms with Crippen LogP contribution < -0.4 is 5.32 Å². The van der Waals surface area contributed by atoms with Gasteiger partial charge in [0, 0.05) is 15.7 Å². The standard InChI is InChI=1S/C17H19NOS/c1-12(13-7-8-13)17(19)18-11-15-9-10-16(20-15)14-5-3-2-4-6-14/h2-6,9-10,12-13H,7-8,11H2,1H3,(H,18,19). The van der Waals surface area contributed by atoms with Crippen LogP contribution in [0.2, 0.25) is 0 Å². The van der Waals surface area contributed by atoms with E-state index in [1.807, 2.05) is 25.1 Å². The first kappa shape index (κ1) is 13.4. The zero-order valence-corrected chi connectivity index (χ0v) is 12.5. The van der Waals surface area contributed by atoms with E-state index in [0.717, 1.165) is 0 Å². The molecule has 1 N–H and O–H groups in total. The van der Waals surface area contributed by atoms with Crippen LogP contribution in [-0.2, 0) is 11.3 Å². The number of rotatable bonds is 5. The van der Waals surface area contributed by atoms with Crippen molar-refractivity contribution in [2.24, 2.45) is 11.8 Å². The van der Waals surface area contributed by atoms with Crippen molar-refractivity contribution < 1.29 is 4.79 Å². The predicted molar refractivity (Wildman–Crippen MR) is 83.5 cm³/mol. The molecular formula is C17H19NOS. The smallest absolute Gasteiger partial charge is 0.223 e. The SMILES string of the molecule is CC(C(=O)NCc1ccc(-c2ccccc2)s1)C1CC1. The maximum atomic E-state index is 12.0. The minimum atomic E-state index is 0.170. The van der Waals surface area contributed by atoms with Crippen molar-refractivity contribution in [3.63, 3.8) is 0 Å². The van der Waals surface area contributed by atoms with Crippen LogP contribution in [0.3, 0.4) is 0 Å². The molecule has 0 bridgehead atoms. The van der Waals surface area contributed by atoms with Gasteiger partial charge in [-0.15, -0.1) is 11.3 Å². The minimum Gasteiger partial charge on any atom is -0.351 e. The van der Waals surface area contributed by atoms with Crippen LogP contribution in [0.1, 0.15) is 24.6 Å². The van der Waals surface area contributed by atoms with E-state index in [1.165, 1.54) is 28.2 Å². The lowest BCUT2D eigenvalue weighted by molar-refractivity contribution is -0.125. The highest BCUT2D eigenvalue weighted by Crippen LogP contribution is 2.36. The highest BCUT2D eigenvalue weighted by atomic mass is 32.1. The number of carbonyl (C=O) groups excluding carboxylic acids is 1. The molecule has 20 heavy (non-hydrogen) atoms. The molecule has 0 saturated heterocycles. The first-order valence-corrected chi connectivity index (χ1v) is 7.97. The molecule has 1 aromatic carbocycles. The van der Waals surface area contributed by atoms with Gasteiger partial charge in [-0.25, -0.2) is 0 Å². The Bertz CT molecular complexity index is 586. The summed E-state index contributed by atoms with van der Waals surface area (Å²) in [6.45, 7) is 2.68. The number of carbonyl (C=O) groups is 1. The van der Waals surface area contributed by atoms with Gasteiger partial charge in [-0.3, -0.25) is 4.79 Å². The second kappa shape index (κ2) is 5.80. The summed E-state index contributed by atoms with van der Waals surface area (Å²) in [6, 6.07) is 14.6. The molecule has 1 heterocycles. The van der Waals surface area contributed by atoms with Gasteiger partial charge in [-0.1, -0.05) is 37.3 Å². The van der Waals surface area contributed by atoms with Crippen LogP contribution in [-0.4, -0.2) is 5.91 Å². The summed E-state index contributed by atoms with van der Waals surface area (Å²) < 4.78 is 0. The Hall–Kier alpha value is -1.61. The van der Waals surface area contributed by atoms with Crippen molar-refractivity contribution in [3.8, 4) is 10.4 Å². The third-order valence-electron chi connectivity index (χ3n) is 3.90. The Labute approximate surface area is 123 Å². The van der Waals surface area contributed by atoms with Gasteiger partial charge >= 0.3 is 0 Å². The minimum absolute atomic E-state index is 0.170. The fourth-order valence-electron chi connectivity index (χ4n) is 2.38. The van der Waals surface area contributed by atoms with Crippen LogP contribution in [0.5, 0.6) is 0 Å². The van der Waals surface area contributed by atoms with Crippen molar-refractivity contribution >= 4 is 17.2 Å². The van der Waals surface area contributed by atoms with Gasteiger partial charge in [0.05, 0.1) is 6.54 Å². The molecule has 2 nitrogen and oxygen atoms in total. The maximum absolute atomic E-state index is 12.0. The predicted octanol–water partition coefficient (Wildman–Crippen LogP) is 4.08. The van der Waals surface area contributed by atoms with Crippen LogP contribution in [0.15, 0.2) is 42.5 Å². The fourth-order valence-corrected chi connectivity index (χ4v) is 3.33. The Morgan fingerprint density at radius 1 is 1.25 bits per heavy atom. The average molecular weight is 285 g/mol. The Morgan fingerprint density at radius 2 is 2.00 bits per heavy atom. The second-order valence-electron chi connectivity index (χ2n) is 5.48. The van der Waals surface area contributed by atoms with Crippen molar-refractivity contribution in [1.82, 2.24) is 5.32 Å². The van der Waals surface area contributed by atoms with E-state index in [0.29, 0.717) is 12.5 Å². The van der Waals surface area contributed by atoms with Crippen molar-refractivity contribution in [1.29, 1.82) is 0 Å². The van der Waals surface area contributed by atoms with E-state index in [-0.39, 0.29) is 11.8 Å². The molecule has 1 amide bonds. The first-order valence-electron chi connectivity index (χ1n) is 7.16. The lowest BCUT2D eigenvalue weighted by Crippen LogP contribution is -2.29. The quantitative estimate of drug-likeness (QED) is 0.881. The molecular weight excluding hydrogens is 266 g/mol. The second-order valence-corrected chi connectivity index (χ2v) is 6.64. The summed E-state index contributed by atoms with van der Waals surface area (Å²) in [7, 11) is 0. The number of hydrogen-bond donors (Lipinski definition) is 1. The molecule has 3 heteroatoms. The van der Waals surface area contributed by atoms with Crippen LogP contribution >= 0.6 is 11.3 Å². The van der Waals surface area contributed by atoms with Gasteiger partial charge in [0.1, 0.15) is 0 Å². The number of benzene rings is 1. The third-order valence-corrected chi connectivity index (χ3v) is 5.03. The highest BCUT2D eigenvalue weighted by molar-refractivity contribution is 7.15. The Morgan fingerprint density at radius 3 is 2.70 bits per heavy atom. The molecule has 0 spiro atoms. The van der Waals surface area contributed by atoms with Gasteiger partial charge in [-0.05, 0) is 36.5 Å². The Kier molecular flexibility index (Phi) is 3.88. The third kappa shape index (κ3) is 3.10. The van der Waals surface area contributed by atoms with Gasteiger partial charge in [-0.2, -0.15) is 0 Å². The maximum Gasteiger partial charge on any atom is 0.223 e. The number of amides is 1. The van der Waals surface area contributed by atoms with Crippen LogP contribution in [0.4, 0.5) is 0 Å². The highest BCUT2D eigenvalue weighted by Gasteiger charge is 2.32. The first-order chi connectivity index (χ1) is 9.74. The summed E-state index contributed by atoms with van der Waals surface area (Å²) in [5.74, 6) is 0.990. The average Bonchev–Trinajstić information content (AvgIpc) is 3.23. The lowest BCUT2D eigenvalue weighted by Gasteiger charge is -2.09. The molecule has 1 aliphatic carbocycles. The van der Waals surface area contributed by atoms with Crippen molar-refractivity contribution in [3.05, 3.63) is 47.3 Å². The molecule has 1 unspecified atom stereocenters. The lowest BCUT2D eigenvalue weighted by atomic mass is 10.1. The van der Waals surface area contributed by atoms with Crippen LogP contribution in [0.25, 0.3) is 10.4 Å². The molecule has 1 aromatic heterocycles. The summed E-state index contributed by atoms with van der Waals surface area (Å²) >= 11 is 1.75. The number of nitrogens with one attached hydrogen (secondary N) is 1. The van der Waals surface area contributed by atoms with Gasteiger partial charge in [0.2, 0.25) is 5.91 Å². The molecule has 2 aromatic rings. The van der Waals surface area contributed by atoms with Crippen molar-refractivity contribution in [2.75, 3.05) is 0 Å². The zero-order chi connectivity index (χ0) is 13.9. The van der Waals surface area contributed by atoms with Crippen molar-refractivity contribution in [2.45, 2.75) is 26.3 Å². The summed E-state index contributed by atoms with van der Waals surface area (Å²) in [5.41, 5.74) is 1.24. The van der Waals surface area contributed by atoms with E-state index >= 15 is 0 Å². The van der Waals surface area contributed by atoms with Gasteiger partial charge in [0.25, 0.3) is 0 Å². The molecule has 1 aliphatic rings. The Balaban J connectivity index is 1.59. The van der Waals surface area contributed by atoms with Gasteiger partial charge in [0.15, 0.2) is 0 Å².